The molecule has 1 N–H and O–H groups in total. The summed E-state index contributed by atoms with van der Waals surface area (Å²) in [7, 11) is 0. The second-order valence-corrected chi connectivity index (χ2v) is 4.43. The van der Waals surface area contributed by atoms with Gasteiger partial charge in [0.05, 0.1) is 23.5 Å². The van der Waals surface area contributed by atoms with Crippen LogP contribution in [0, 0.1) is 10.1 Å². The lowest BCUT2D eigenvalue weighted by molar-refractivity contribution is -0.384. The van der Waals surface area contributed by atoms with Gasteiger partial charge in [0.1, 0.15) is 5.69 Å². The van der Waals surface area contributed by atoms with E-state index in [9.17, 15) is 28.1 Å². The molecule has 1 aromatic rings. The van der Waals surface area contributed by atoms with Gasteiger partial charge in [0.2, 0.25) is 0 Å². The average Bonchev–Trinajstić information content (AvgIpc) is 2.44. The molecular formula is C13H14F3N3O4. The Morgan fingerprint density at radius 2 is 2.09 bits per heavy atom. The largest absolute Gasteiger partial charge is 0.466 e. The Kier molecular flexibility index (Phi) is 6.05. The van der Waals surface area contributed by atoms with Crippen LogP contribution in [0.1, 0.15) is 25.8 Å². The minimum atomic E-state index is -4.69. The predicted octanol–water partition coefficient (Wildman–Crippen LogP) is 3.35. The highest BCUT2D eigenvalue weighted by Gasteiger charge is 2.33. The third-order valence-electron chi connectivity index (χ3n) is 2.59. The molecule has 0 aromatic heterocycles. The van der Waals surface area contributed by atoms with Gasteiger partial charge in [-0.15, -0.1) is 0 Å². The zero-order chi connectivity index (χ0) is 17.6. The fraction of sp³-hybridized carbons (Fsp3) is 0.385. The lowest BCUT2D eigenvalue weighted by Gasteiger charge is -2.09. The van der Waals surface area contributed by atoms with Gasteiger partial charge in [-0.05, 0) is 26.0 Å². The zero-order valence-electron chi connectivity index (χ0n) is 12.3. The Balaban J connectivity index is 2.96. The first-order chi connectivity index (χ1) is 10.6. The summed E-state index contributed by atoms with van der Waals surface area (Å²) in [5.74, 6) is -0.530. The van der Waals surface area contributed by atoms with Crippen LogP contribution in [-0.4, -0.2) is 23.2 Å². The second-order valence-electron chi connectivity index (χ2n) is 4.43. The number of hydrazone groups is 1. The molecule has 0 aliphatic carbocycles. The first-order valence-electron chi connectivity index (χ1n) is 6.45. The van der Waals surface area contributed by atoms with Crippen LogP contribution in [0.15, 0.2) is 23.3 Å². The third kappa shape index (κ3) is 5.57. The molecule has 0 aliphatic heterocycles. The molecule has 0 unspecified atom stereocenters. The zero-order valence-corrected chi connectivity index (χ0v) is 12.3. The number of nitrogens with one attached hydrogen (secondary N) is 1. The number of anilines is 1. The van der Waals surface area contributed by atoms with E-state index < -0.39 is 28.3 Å². The first kappa shape index (κ1) is 18.4. The standard InChI is InChI=1S/C13H14F3N3O4/c1-3-23-12(20)6-8(2)17-18-10-5-4-9(13(14,15)16)7-11(10)19(21)22/h4-5,7,18H,3,6H2,1-2H3/b17-8+. The number of benzene rings is 1. The van der Waals surface area contributed by atoms with Crippen LogP contribution in [0.4, 0.5) is 24.5 Å². The van der Waals surface area contributed by atoms with E-state index in [0.29, 0.717) is 12.1 Å². The van der Waals surface area contributed by atoms with Gasteiger partial charge in [0, 0.05) is 11.8 Å². The molecular weight excluding hydrogens is 319 g/mol. The number of carbonyl (C=O) groups excluding carboxylic acids is 1. The van der Waals surface area contributed by atoms with Crippen LogP contribution < -0.4 is 5.43 Å². The lowest BCUT2D eigenvalue weighted by atomic mass is 10.1. The number of rotatable bonds is 6. The molecule has 0 atom stereocenters. The predicted molar refractivity (Wildman–Crippen MR) is 76.1 cm³/mol. The molecule has 0 bridgehead atoms. The molecule has 0 spiro atoms. The molecule has 126 valence electrons. The number of alkyl halides is 3. The second kappa shape index (κ2) is 7.56. The number of carbonyl (C=O) groups is 1. The SMILES string of the molecule is CCOC(=O)C/C(C)=N/Nc1ccc(C(F)(F)F)cc1[N+](=O)[O-]. The number of ether oxygens (including phenoxy) is 1. The van der Waals surface area contributed by atoms with E-state index in [2.05, 4.69) is 10.5 Å². The average molecular weight is 333 g/mol. The highest BCUT2D eigenvalue weighted by atomic mass is 19.4. The van der Waals surface area contributed by atoms with Crippen LogP contribution in [0.2, 0.25) is 0 Å². The van der Waals surface area contributed by atoms with Crippen molar-refractivity contribution >= 4 is 23.1 Å². The van der Waals surface area contributed by atoms with Crippen molar-refractivity contribution in [2.24, 2.45) is 5.10 Å². The van der Waals surface area contributed by atoms with Gasteiger partial charge in [-0.3, -0.25) is 20.3 Å². The number of hydrogen-bond donors (Lipinski definition) is 1. The maximum absolute atomic E-state index is 12.6. The molecule has 0 fully saturated rings. The minimum Gasteiger partial charge on any atom is -0.466 e. The van der Waals surface area contributed by atoms with Gasteiger partial charge < -0.3 is 4.74 Å². The van der Waals surface area contributed by atoms with E-state index in [1.54, 1.807) is 6.92 Å². The number of esters is 1. The van der Waals surface area contributed by atoms with Crippen molar-refractivity contribution in [3.05, 3.63) is 33.9 Å². The summed E-state index contributed by atoms with van der Waals surface area (Å²) < 4.78 is 42.4. The van der Waals surface area contributed by atoms with Gasteiger partial charge >= 0.3 is 12.1 Å². The van der Waals surface area contributed by atoms with Gasteiger partial charge in [-0.25, -0.2) is 0 Å². The molecule has 23 heavy (non-hydrogen) atoms. The molecule has 0 amide bonds. The van der Waals surface area contributed by atoms with Crippen molar-refractivity contribution in [1.29, 1.82) is 0 Å². The summed E-state index contributed by atoms with van der Waals surface area (Å²) in [6.45, 7) is 3.30. The van der Waals surface area contributed by atoms with Crippen molar-refractivity contribution < 1.29 is 27.6 Å². The lowest BCUT2D eigenvalue weighted by Crippen LogP contribution is -2.10. The third-order valence-corrected chi connectivity index (χ3v) is 2.59. The molecule has 7 nitrogen and oxygen atoms in total. The van der Waals surface area contributed by atoms with Crippen LogP contribution in [-0.2, 0) is 15.7 Å². The van der Waals surface area contributed by atoms with E-state index >= 15 is 0 Å². The van der Waals surface area contributed by atoms with Gasteiger partial charge in [-0.1, -0.05) is 0 Å². The Hall–Kier alpha value is -2.65. The maximum Gasteiger partial charge on any atom is 0.416 e. The summed E-state index contributed by atoms with van der Waals surface area (Å²) in [4.78, 5) is 21.2. The topological polar surface area (TPSA) is 93.8 Å². The number of nitro groups is 1. The normalized spacial score (nSPS) is 12.0. The highest BCUT2D eigenvalue weighted by molar-refractivity contribution is 5.97. The van der Waals surface area contributed by atoms with Crippen molar-refractivity contribution in [2.75, 3.05) is 12.0 Å². The van der Waals surface area contributed by atoms with Gasteiger partial charge in [-0.2, -0.15) is 18.3 Å². The van der Waals surface area contributed by atoms with Gasteiger partial charge in [0.15, 0.2) is 0 Å². The molecule has 0 saturated heterocycles. The number of nitro benzene ring substituents is 1. The van der Waals surface area contributed by atoms with E-state index in [4.69, 9.17) is 4.74 Å². The fourth-order valence-electron chi connectivity index (χ4n) is 1.57. The summed E-state index contributed by atoms with van der Waals surface area (Å²) in [5.41, 5.74) is 0.429. The van der Waals surface area contributed by atoms with Crippen molar-refractivity contribution in [3.63, 3.8) is 0 Å². The van der Waals surface area contributed by atoms with Crippen LogP contribution >= 0.6 is 0 Å². The van der Waals surface area contributed by atoms with E-state index in [1.807, 2.05) is 0 Å². The molecule has 0 saturated carbocycles. The van der Waals surface area contributed by atoms with Gasteiger partial charge in [0.25, 0.3) is 5.69 Å². The van der Waals surface area contributed by atoms with Crippen LogP contribution in [0.3, 0.4) is 0 Å². The smallest absolute Gasteiger partial charge is 0.416 e. The Morgan fingerprint density at radius 1 is 1.43 bits per heavy atom. The number of hydrogen-bond acceptors (Lipinski definition) is 6. The number of nitrogens with zero attached hydrogens (tertiary/aromatic N) is 2. The van der Waals surface area contributed by atoms with E-state index in [-0.39, 0.29) is 24.4 Å². The summed E-state index contributed by atoms with van der Waals surface area (Å²) >= 11 is 0. The Morgan fingerprint density at radius 3 is 2.61 bits per heavy atom. The molecule has 1 rings (SSSR count). The van der Waals surface area contributed by atoms with Crippen molar-refractivity contribution in [2.45, 2.75) is 26.4 Å². The molecule has 0 radical (unpaired) electrons. The Labute approximate surface area is 129 Å². The van der Waals surface area contributed by atoms with Crippen molar-refractivity contribution in [3.8, 4) is 0 Å². The monoisotopic (exact) mass is 333 g/mol. The first-order valence-corrected chi connectivity index (χ1v) is 6.45. The quantitative estimate of drug-likeness (QED) is 0.373. The van der Waals surface area contributed by atoms with Crippen molar-refractivity contribution in [1.82, 2.24) is 0 Å². The summed E-state index contributed by atoms with van der Waals surface area (Å²) in [5, 5.41) is 14.6. The molecule has 10 heteroatoms. The van der Waals surface area contributed by atoms with Crippen LogP contribution in [0.5, 0.6) is 0 Å². The summed E-state index contributed by atoms with van der Waals surface area (Å²) in [6, 6.07) is 2.02. The highest BCUT2D eigenvalue weighted by Crippen LogP contribution is 2.34. The fourth-order valence-corrected chi connectivity index (χ4v) is 1.57. The maximum atomic E-state index is 12.6. The number of halogens is 3. The molecule has 1 aromatic carbocycles. The summed E-state index contributed by atoms with van der Waals surface area (Å²) in [6.07, 6.45) is -4.83. The molecule has 0 heterocycles. The van der Waals surface area contributed by atoms with E-state index in [1.165, 1.54) is 6.92 Å². The minimum absolute atomic E-state index is 0.144. The molecule has 0 aliphatic rings. The van der Waals surface area contributed by atoms with Crippen LogP contribution in [0.25, 0.3) is 0 Å². The Bertz CT molecular complexity index is 629. The van der Waals surface area contributed by atoms with E-state index in [0.717, 1.165) is 6.07 Å².